The summed E-state index contributed by atoms with van der Waals surface area (Å²) in [6.07, 6.45) is 3.07. The Morgan fingerprint density at radius 2 is 1.87 bits per heavy atom. The summed E-state index contributed by atoms with van der Waals surface area (Å²) >= 11 is 0. The Bertz CT molecular complexity index is 1130. The molecular formula is C24H25N3O4. The largest absolute Gasteiger partial charge is 0.490 e. The van der Waals surface area contributed by atoms with Gasteiger partial charge in [-0.05, 0) is 55.3 Å². The number of benzene rings is 2. The number of nitrogens with zero attached hydrogens (tertiary/aromatic N) is 2. The molecule has 0 saturated carbocycles. The zero-order valence-electron chi connectivity index (χ0n) is 17.8. The van der Waals surface area contributed by atoms with Gasteiger partial charge in [0.2, 0.25) is 0 Å². The molecule has 7 nitrogen and oxygen atoms in total. The lowest BCUT2D eigenvalue weighted by Crippen LogP contribution is -2.29. The third-order valence-corrected chi connectivity index (χ3v) is 4.53. The molecule has 0 radical (unpaired) electrons. The van der Waals surface area contributed by atoms with Crippen LogP contribution in [-0.2, 0) is 13.7 Å². The van der Waals surface area contributed by atoms with Crippen LogP contribution in [0.4, 0.5) is 0 Å². The van der Waals surface area contributed by atoms with E-state index < -0.39 is 5.91 Å². The fraction of sp³-hybridized carbons (Fsp3) is 0.208. The van der Waals surface area contributed by atoms with Gasteiger partial charge in [0.25, 0.3) is 11.5 Å². The molecule has 160 valence electrons. The van der Waals surface area contributed by atoms with Crippen LogP contribution in [0, 0.1) is 6.92 Å². The molecule has 0 saturated heterocycles. The van der Waals surface area contributed by atoms with E-state index >= 15 is 0 Å². The summed E-state index contributed by atoms with van der Waals surface area (Å²) in [5, 5.41) is 3.95. The minimum atomic E-state index is -0.569. The van der Waals surface area contributed by atoms with Crippen LogP contribution in [0.25, 0.3) is 0 Å². The van der Waals surface area contributed by atoms with Gasteiger partial charge < -0.3 is 14.0 Å². The fourth-order valence-electron chi connectivity index (χ4n) is 2.83. The first kappa shape index (κ1) is 21.8. The van der Waals surface area contributed by atoms with Gasteiger partial charge in [-0.1, -0.05) is 29.8 Å². The molecule has 0 bridgehead atoms. The second-order valence-corrected chi connectivity index (χ2v) is 6.95. The number of pyridine rings is 1. The number of nitrogens with one attached hydrogen (secondary N) is 1. The smallest absolute Gasteiger partial charge is 0.276 e. The number of hydrogen-bond acceptors (Lipinski definition) is 5. The molecule has 3 aromatic rings. The van der Waals surface area contributed by atoms with E-state index in [-0.39, 0.29) is 11.1 Å². The monoisotopic (exact) mass is 419 g/mol. The van der Waals surface area contributed by atoms with Crippen molar-refractivity contribution in [3.8, 4) is 11.5 Å². The Labute approximate surface area is 180 Å². The van der Waals surface area contributed by atoms with Crippen molar-refractivity contribution in [2.75, 3.05) is 6.61 Å². The van der Waals surface area contributed by atoms with Crippen LogP contribution in [0.5, 0.6) is 11.5 Å². The summed E-state index contributed by atoms with van der Waals surface area (Å²) in [7, 11) is 1.58. The summed E-state index contributed by atoms with van der Waals surface area (Å²) in [6.45, 7) is 4.84. The predicted octanol–water partition coefficient (Wildman–Crippen LogP) is 3.44. The first-order chi connectivity index (χ1) is 15.0. The highest BCUT2D eigenvalue weighted by molar-refractivity contribution is 5.94. The highest BCUT2D eigenvalue weighted by atomic mass is 16.5. The number of rotatable bonds is 8. The van der Waals surface area contributed by atoms with Crippen molar-refractivity contribution >= 4 is 12.1 Å². The molecule has 1 heterocycles. The van der Waals surface area contributed by atoms with E-state index in [9.17, 15) is 9.59 Å². The molecule has 0 fully saturated rings. The Morgan fingerprint density at radius 1 is 1.10 bits per heavy atom. The summed E-state index contributed by atoms with van der Waals surface area (Å²) in [6, 6.07) is 16.6. The quantitative estimate of drug-likeness (QED) is 0.448. The minimum absolute atomic E-state index is 0.0250. The van der Waals surface area contributed by atoms with Crippen molar-refractivity contribution in [2.45, 2.75) is 20.5 Å². The van der Waals surface area contributed by atoms with E-state index in [1.165, 1.54) is 22.4 Å². The highest BCUT2D eigenvalue weighted by Gasteiger charge is 2.10. The third kappa shape index (κ3) is 5.82. The average Bonchev–Trinajstić information content (AvgIpc) is 2.76. The number of hydrazone groups is 1. The molecule has 0 atom stereocenters. The number of aromatic nitrogens is 1. The number of aryl methyl sites for hydroxylation is 2. The molecule has 1 aromatic heterocycles. The van der Waals surface area contributed by atoms with Crippen LogP contribution in [0.3, 0.4) is 0 Å². The van der Waals surface area contributed by atoms with E-state index in [4.69, 9.17) is 9.47 Å². The maximum Gasteiger partial charge on any atom is 0.276 e. The van der Waals surface area contributed by atoms with Gasteiger partial charge in [0.05, 0.1) is 12.8 Å². The summed E-state index contributed by atoms with van der Waals surface area (Å²) in [4.78, 5) is 24.2. The molecule has 31 heavy (non-hydrogen) atoms. The maximum absolute atomic E-state index is 12.2. The van der Waals surface area contributed by atoms with Crippen LogP contribution in [0.1, 0.15) is 34.0 Å². The van der Waals surface area contributed by atoms with Crippen LogP contribution >= 0.6 is 0 Å². The van der Waals surface area contributed by atoms with Crippen molar-refractivity contribution < 1.29 is 14.3 Å². The number of carbonyl (C=O) groups excluding carboxylic acids is 1. The molecule has 2 aromatic carbocycles. The van der Waals surface area contributed by atoms with E-state index in [1.807, 2.05) is 44.2 Å². The van der Waals surface area contributed by atoms with Gasteiger partial charge in [-0.3, -0.25) is 9.59 Å². The molecule has 1 N–H and O–H groups in total. The van der Waals surface area contributed by atoms with Crippen LogP contribution < -0.4 is 20.5 Å². The third-order valence-electron chi connectivity index (χ3n) is 4.53. The second kappa shape index (κ2) is 10.2. The van der Waals surface area contributed by atoms with E-state index in [2.05, 4.69) is 10.5 Å². The predicted molar refractivity (Wildman–Crippen MR) is 120 cm³/mol. The normalized spacial score (nSPS) is 10.8. The molecule has 3 rings (SSSR count). The van der Waals surface area contributed by atoms with E-state index in [0.717, 1.165) is 5.56 Å². The summed E-state index contributed by atoms with van der Waals surface area (Å²) in [5.74, 6) is 0.638. The topological polar surface area (TPSA) is 81.9 Å². The van der Waals surface area contributed by atoms with Crippen molar-refractivity contribution in [1.29, 1.82) is 0 Å². The maximum atomic E-state index is 12.2. The lowest BCUT2D eigenvalue weighted by Gasteiger charge is -2.12. The van der Waals surface area contributed by atoms with Crippen LogP contribution in [0.15, 0.2) is 70.7 Å². The van der Waals surface area contributed by atoms with Crippen molar-refractivity contribution in [3.63, 3.8) is 0 Å². The first-order valence-corrected chi connectivity index (χ1v) is 9.92. The molecule has 0 spiro atoms. The zero-order chi connectivity index (χ0) is 22.2. The SMILES string of the molecule is CCOc1cc(/C=N\NC(=O)c2cccn(C)c2=O)ccc1OCc1ccc(C)cc1. The Morgan fingerprint density at radius 3 is 2.61 bits per heavy atom. The molecule has 7 heteroatoms. The van der Waals surface area contributed by atoms with Gasteiger partial charge in [0.1, 0.15) is 12.2 Å². The van der Waals surface area contributed by atoms with E-state index in [1.54, 1.807) is 31.4 Å². The lowest BCUT2D eigenvalue weighted by atomic mass is 10.2. The van der Waals surface area contributed by atoms with Gasteiger partial charge in [-0.25, -0.2) is 5.43 Å². The Kier molecular flexibility index (Phi) is 7.22. The molecular weight excluding hydrogens is 394 g/mol. The number of ether oxygens (including phenoxy) is 2. The first-order valence-electron chi connectivity index (χ1n) is 9.92. The molecule has 0 aliphatic heterocycles. The van der Waals surface area contributed by atoms with Gasteiger partial charge in [-0.15, -0.1) is 0 Å². The molecule has 0 aliphatic carbocycles. The van der Waals surface area contributed by atoms with Crippen LogP contribution in [-0.4, -0.2) is 23.3 Å². The Hall–Kier alpha value is -3.87. The minimum Gasteiger partial charge on any atom is -0.490 e. The summed E-state index contributed by atoms with van der Waals surface area (Å²) in [5.41, 5.74) is 4.99. The zero-order valence-corrected chi connectivity index (χ0v) is 17.8. The van der Waals surface area contributed by atoms with Gasteiger partial charge in [-0.2, -0.15) is 5.10 Å². The molecule has 0 unspecified atom stereocenters. The number of carbonyl (C=O) groups is 1. The average molecular weight is 419 g/mol. The lowest BCUT2D eigenvalue weighted by molar-refractivity contribution is 0.0953. The van der Waals surface area contributed by atoms with Crippen LogP contribution in [0.2, 0.25) is 0 Å². The van der Waals surface area contributed by atoms with E-state index in [0.29, 0.717) is 30.3 Å². The molecule has 0 aliphatic rings. The van der Waals surface area contributed by atoms with Gasteiger partial charge in [0, 0.05) is 13.2 Å². The number of amides is 1. The van der Waals surface area contributed by atoms with Crippen molar-refractivity contribution in [1.82, 2.24) is 9.99 Å². The fourth-order valence-corrected chi connectivity index (χ4v) is 2.83. The van der Waals surface area contributed by atoms with Crippen molar-refractivity contribution in [3.05, 3.63) is 93.4 Å². The van der Waals surface area contributed by atoms with Crippen molar-refractivity contribution in [2.24, 2.45) is 12.1 Å². The van der Waals surface area contributed by atoms with Gasteiger partial charge >= 0.3 is 0 Å². The highest BCUT2D eigenvalue weighted by Crippen LogP contribution is 2.29. The standard InChI is InChI=1S/C24H25N3O4/c1-4-30-22-14-19(11-12-21(22)31-16-18-9-7-17(2)8-10-18)15-25-26-23(28)20-6-5-13-27(3)24(20)29/h5-15H,4,16H2,1-3H3,(H,26,28)/b25-15-. The second-order valence-electron chi connectivity index (χ2n) is 6.95. The molecule has 1 amide bonds. The van der Waals surface area contributed by atoms with Gasteiger partial charge in [0.15, 0.2) is 11.5 Å². The Balaban J connectivity index is 1.68. The summed E-state index contributed by atoms with van der Waals surface area (Å²) < 4.78 is 12.9. The number of hydrogen-bond donors (Lipinski definition) is 1.